The summed E-state index contributed by atoms with van der Waals surface area (Å²) in [5.41, 5.74) is 1.17. The number of carboxylic acid groups (broad SMARTS) is 1. The van der Waals surface area contributed by atoms with Gasteiger partial charge >= 0.3 is 5.97 Å². The highest BCUT2D eigenvalue weighted by Gasteiger charge is 2.37. The normalized spacial score (nSPS) is 15.6. The third kappa shape index (κ3) is 3.21. The highest BCUT2D eigenvalue weighted by Crippen LogP contribution is 2.41. The van der Waals surface area contributed by atoms with Crippen molar-refractivity contribution in [3.63, 3.8) is 0 Å². The molecule has 0 saturated heterocycles. The van der Waals surface area contributed by atoms with Crippen LogP contribution in [0.1, 0.15) is 29.6 Å². The number of hydrogen-bond donors (Lipinski definition) is 2. The Labute approximate surface area is 140 Å². The number of rotatable bonds is 6. The fraction of sp³-hybridized carbons (Fsp3) is 0.412. The van der Waals surface area contributed by atoms with Gasteiger partial charge in [0.15, 0.2) is 0 Å². The molecule has 1 aliphatic rings. The lowest BCUT2D eigenvalue weighted by molar-refractivity contribution is 0.0521. The number of nitrogens with zero attached hydrogens (tertiary/aromatic N) is 4. The summed E-state index contributed by atoms with van der Waals surface area (Å²) in [7, 11) is 1.90. The average molecular weight is 328 g/mol. The van der Waals surface area contributed by atoms with Crippen LogP contribution in [-0.4, -0.2) is 51.3 Å². The largest absolute Gasteiger partial charge is 0.478 e. The van der Waals surface area contributed by atoms with Crippen molar-refractivity contribution in [3.05, 3.63) is 36.2 Å². The van der Waals surface area contributed by atoms with Crippen LogP contribution in [0.3, 0.4) is 0 Å². The van der Waals surface area contributed by atoms with Crippen LogP contribution in [0.2, 0.25) is 0 Å². The van der Waals surface area contributed by atoms with Crippen molar-refractivity contribution in [2.45, 2.75) is 19.3 Å². The minimum absolute atomic E-state index is 0.0599. The van der Waals surface area contributed by atoms with Gasteiger partial charge in [-0.2, -0.15) is 0 Å². The third-order valence-corrected chi connectivity index (χ3v) is 4.58. The van der Waals surface area contributed by atoms with E-state index < -0.39 is 5.97 Å². The molecule has 7 nitrogen and oxygen atoms in total. The summed E-state index contributed by atoms with van der Waals surface area (Å²) in [6, 6.07) is 4.65. The van der Waals surface area contributed by atoms with Gasteiger partial charge in [0, 0.05) is 31.4 Å². The van der Waals surface area contributed by atoms with Crippen molar-refractivity contribution in [2.24, 2.45) is 5.41 Å². The molecule has 2 N–H and O–H groups in total. The molecule has 126 valence electrons. The molecule has 0 amide bonds. The molecule has 0 unspecified atom stereocenters. The molecule has 1 aliphatic carbocycles. The van der Waals surface area contributed by atoms with E-state index in [1.54, 1.807) is 12.3 Å². The van der Waals surface area contributed by atoms with Crippen molar-refractivity contribution in [3.8, 4) is 11.4 Å². The van der Waals surface area contributed by atoms with Gasteiger partial charge in [0.05, 0.1) is 23.6 Å². The molecule has 2 aromatic rings. The molecule has 24 heavy (non-hydrogen) atoms. The van der Waals surface area contributed by atoms with Crippen LogP contribution in [0.5, 0.6) is 0 Å². The first-order valence-electron chi connectivity index (χ1n) is 7.88. The number of hydrogen-bond acceptors (Lipinski definition) is 6. The third-order valence-electron chi connectivity index (χ3n) is 4.58. The van der Waals surface area contributed by atoms with Crippen molar-refractivity contribution in [1.29, 1.82) is 0 Å². The lowest BCUT2D eigenvalue weighted by atomic mass is 9.69. The molecule has 3 rings (SSSR count). The van der Waals surface area contributed by atoms with Crippen LogP contribution in [0.4, 0.5) is 5.95 Å². The maximum absolute atomic E-state index is 11.1. The summed E-state index contributed by atoms with van der Waals surface area (Å²) in [6.45, 7) is 0.856. The van der Waals surface area contributed by atoms with E-state index in [0.717, 1.165) is 19.3 Å². The van der Waals surface area contributed by atoms with Gasteiger partial charge in [0.2, 0.25) is 5.95 Å². The number of carbonyl (C=O) groups is 1. The molecule has 0 radical (unpaired) electrons. The first-order chi connectivity index (χ1) is 11.5. The second-order valence-electron chi connectivity index (χ2n) is 6.34. The van der Waals surface area contributed by atoms with E-state index in [2.05, 4.69) is 15.0 Å². The molecule has 7 heteroatoms. The Hall–Kier alpha value is -2.54. The number of pyridine rings is 1. The topological polar surface area (TPSA) is 99.4 Å². The standard InChI is InChI=1S/C17H20N4O3/c1-21(10-17(11-22)5-2-6-17)16-19-8-4-13(20-16)14-9-12(15(23)24)3-7-18-14/h3-4,7-9,22H,2,5-6,10-11H2,1H3,(H,23,24). The highest BCUT2D eigenvalue weighted by molar-refractivity contribution is 5.88. The minimum atomic E-state index is -1.00. The molecule has 0 spiro atoms. The second kappa shape index (κ2) is 6.52. The van der Waals surface area contributed by atoms with E-state index in [0.29, 0.717) is 23.9 Å². The van der Waals surface area contributed by atoms with Gasteiger partial charge in [0.25, 0.3) is 0 Å². The first kappa shape index (κ1) is 16.3. The zero-order valence-electron chi connectivity index (χ0n) is 13.5. The zero-order chi connectivity index (χ0) is 17.2. The summed E-state index contributed by atoms with van der Waals surface area (Å²) in [5.74, 6) is -0.463. The number of aromatic nitrogens is 3. The average Bonchev–Trinajstić information content (AvgIpc) is 2.58. The monoisotopic (exact) mass is 328 g/mol. The number of aliphatic hydroxyl groups excluding tert-OH is 1. The quantitative estimate of drug-likeness (QED) is 0.834. The van der Waals surface area contributed by atoms with Crippen molar-refractivity contribution >= 4 is 11.9 Å². The highest BCUT2D eigenvalue weighted by atomic mass is 16.4. The maximum atomic E-state index is 11.1. The van der Waals surface area contributed by atoms with Gasteiger partial charge in [0.1, 0.15) is 0 Å². The molecule has 1 fully saturated rings. The van der Waals surface area contributed by atoms with Crippen LogP contribution in [0.25, 0.3) is 11.4 Å². The molecule has 2 heterocycles. The van der Waals surface area contributed by atoms with E-state index in [4.69, 9.17) is 5.11 Å². The van der Waals surface area contributed by atoms with E-state index in [-0.39, 0.29) is 17.6 Å². The molecule has 0 aromatic carbocycles. The van der Waals surface area contributed by atoms with Gasteiger partial charge in [-0.1, -0.05) is 6.42 Å². The molecular formula is C17H20N4O3. The summed E-state index contributed by atoms with van der Waals surface area (Å²) in [6.07, 6.45) is 6.25. The van der Waals surface area contributed by atoms with Crippen LogP contribution in [0.15, 0.2) is 30.6 Å². The van der Waals surface area contributed by atoms with Crippen LogP contribution in [-0.2, 0) is 0 Å². The Balaban J connectivity index is 1.83. The number of anilines is 1. The van der Waals surface area contributed by atoms with Crippen molar-refractivity contribution in [1.82, 2.24) is 15.0 Å². The second-order valence-corrected chi connectivity index (χ2v) is 6.34. The van der Waals surface area contributed by atoms with Gasteiger partial charge in [-0.3, -0.25) is 4.98 Å². The summed E-state index contributed by atoms with van der Waals surface area (Å²) in [4.78, 5) is 26.0. The van der Waals surface area contributed by atoms with Crippen molar-refractivity contribution in [2.75, 3.05) is 25.1 Å². The van der Waals surface area contributed by atoms with Crippen molar-refractivity contribution < 1.29 is 15.0 Å². The molecule has 0 bridgehead atoms. The van der Waals surface area contributed by atoms with E-state index >= 15 is 0 Å². The fourth-order valence-electron chi connectivity index (χ4n) is 3.00. The Kier molecular flexibility index (Phi) is 4.44. The van der Waals surface area contributed by atoms with E-state index in [1.807, 2.05) is 11.9 Å². The van der Waals surface area contributed by atoms with Crippen LogP contribution in [0, 0.1) is 5.41 Å². The Morgan fingerprint density at radius 3 is 2.62 bits per heavy atom. The first-order valence-corrected chi connectivity index (χ1v) is 7.88. The van der Waals surface area contributed by atoms with Crippen LogP contribution < -0.4 is 4.90 Å². The summed E-state index contributed by atoms with van der Waals surface area (Å²) in [5, 5.41) is 18.7. The SMILES string of the molecule is CN(CC1(CO)CCC1)c1nccc(-c2cc(C(=O)O)ccn2)n1. The van der Waals surface area contributed by atoms with Gasteiger partial charge in [-0.25, -0.2) is 14.8 Å². The molecule has 1 saturated carbocycles. The molecule has 0 atom stereocenters. The van der Waals surface area contributed by atoms with Crippen LogP contribution >= 0.6 is 0 Å². The number of carboxylic acids is 1. The Morgan fingerprint density at radius 2 is 2.00 bits per heavy atom. The summed E-state index contributed by atoms with van der Waals surface area (Å²) >= 11 is 0. The lowest BCUT2D eigenvalue weighted by Gasteiger charge is -2.42. The summed E-state index contributed by atoms with van der Waals surface area (Å²) < 4.78 is 0. The van der Waals surface area contributed by atoms with E-state index in [1.165, 1.54) is 18.3 Å². The predicted octanol–water partition coefficient (Wildman–Crippen LogP) is 1.84. The number of aliphatic hydroxyl groups is 1. The van der Waals surface area contributed by atoms with E-state index in [9.17, 15) is 9.90 Å². The predicted molar refractivity (Wildman–Crippen MR) is 88.9 cm³/mol. The number of aromatic carboxylic acids is 1. The minimum Gasteiger partial charge on any atom is -0.478 e. The maximum Gasteiger partial charge on any atom is 0.335 e. The lowest BCUT2D eigenvalue weighted by Crippen LogP contribution is -2.44. The Bertz CT molecular complexity index is 741. The smallest absolute Gasteiger partial charge is 0.335 e. The Morgan fingerprint density at radius 1 is 1.25 bits per heavy atom. The fourth-order valence-corrected chi connectivity index (χ4v) is 3.00. The molecule has 0 aliphatic heterocycles. The van der Waals surface area contributed by atoms with Gasteiger partial charge in [-0.05, 0) is 31.0 Å². The molecule has 2 aromatic heterocycles. The zero-order valence-corrected chi connectivity index (χ0v) is 13.5. The van der Waals surface area contributed by atoms with Gasteiger partial charge < -0.3 is 15.1 Å². The van der Waals surface area contributed by atoms with Gasteiger partial charge in [-0.15, -0.1) is 0 Å². The molecular weight excluding hydrogens is 308 g/mol.